The summed E-state index contributed by atoms with van der Waals surface area (Å²) in [6, 6.07) is 5.89. The van der Waals surface area contributed by atoms with Gasteiger partial charge in [-0.05, 0) is 36.8 Å². The molecule has 0 amide bonds. The molecule has 0 atom stereocenters. The summed E-state index contributed by atoms with van der Waals surface area (Å²) in [6.07, 6.45) is 3.07. The molecule has 1 aromatic carbocycles. The number of hydrogen-bond acceptors (Lipinski definition) is 4. The fourth-order valence-corrected chi connectivity index (χ4v) is 3.18. The molecule has 0 radical (unpaired) electrons. The van der Waals surface area contributed by atoms with Crippen LogP contribution in [0.5, 0.6) is 0 Å². The average Bonchev–Trinajstić information content (AvgIpc) is 2.35. The third kappa shape index (κ3) is 2.97. The van der Waals surface area contributed by atoms with E-state index in [9.17, 15) is 8.42 Å². The zero-order valence-corrected chi connectivity index (χ0v) is 11.7. The molecule has 2 aromatic rings. The lowest BCUT2D eigenvalue weighted by molar-refractivity contribution is 0.601. The molecule has 0 spiro atoms. The number of halogens is 1. The van der Waals surface area contributed by atoms with Gasteiger partial charge in [-0.2, -0.15) is 0 Å². The van der Waals surface area contributed by atoms with Crippen molar-refractivity contribution in [1.29, 1.82) is 0 Å². The highest BCUT2D eigenvalue weighted by molar-refractivity contribution is 7.92. The molecule has 0 aliphatic carbocycles. The molecule has 1 heterocycles. The first-order valence-corrected chi connectivity index (χ1v) is 7.25. The Balaban J connectivity index is 2.44. The number of nitrogen functional groups attached to an aromatic ring is 1. The lowest BCUT2D eigenvalue weighted by Gasteiger charge is -2.11. The van der Waals surface area contributed by atoms with Crippen molar-refractivity contribution in [2.24, 2.45) is 0 Å². The van der Waals surface area contributed by atoms with Crippen molar-refractivity contribution < 1.29 is 8.42 Å². The van der Waals surface area contributed by atoms with Crippen LogP contribution >= 0.6 is 11.6 Å². The van der Waals surface area contributed by atoms with E-state index in [0.717, 1.165) is 0 Å². The van der Waals surface area contributed by atoms with Crippen LogP contribution in [-0.4, -0.2) is 13.4 Å². The molecular weight excluding hydrogens is 286 g/mol. The zero-order valence-electron chi connectivity index (χ0n) is 10.1. The van der Waals surface area contributed by atoms with E-state index in [4.69, 9.17) is 17.3 Å². The number of rotatable bonds is 3. The minimum atomic E-state index is -3.78. The molecule has 0 unspecified atom stereocenters. The number of aromatic nitrogens is 1. The average molecular weight is 298 g/mol. The summed E-state index contributed by atoms with van der Waals surface area (Å²) >= 11 is 5.90. The second kappa shape index (κ2) is 5.07. The summed E-state index contributed by atoms with van der Waals surface area (Å²) in [5.74, 6) is 0. The minimum absolute atomic E-state index is 0.0506. The number of aryl methyl sites for hydroxylation is 1. The standard InChI is InChI=1S/C12H12ClN3O2S/c1-8-7-15-5-4-11(8)16-19(17,18)12-6-9(14)2-3-10(12)13/h2-7H,14H2,1H3,(H,15,16). The predicted molar refractivity (Wildman–Crippen MR) is 75.6 cm³/mol. The first-order chi connectivity index (χ1) is 8.90. The van der Waals surface area contributed by atoms with Crippen LogP contribution < -0.4 is 10.5 Å². The van der Waals surface area contributed by atoms with Crippen LogP contribution in [0, 0.1) is 6.92 Å². The van der Waals surface area contributed by atoms with Crippen molar-refractivity contribution in [3.63, 3.8) is 0 Å². The molecule has 19 heavy (non-hydrogen) atoms. The van der Waals surface area contributed by atoms with Crippen molar-refractivity contribution >= 4 is 33.0 Å². The Labute approximate surface area is 116 Å². The maximum atomic E-state index is 12.3. The van der Waals surface area contributed by atoms with E-state index in [2.05, 4.69) is 9.71 Å². The van der Waals surface area contributed by atoms with Gasteiger partial charge in [-0.1, -0.05) is 11.6 Å². The third-order valence-electron chi connectivity index (χ3n) is 2.51. The number of nitrogens with one attached hydrogen (secondary N) is 1. The van der Waals surface area contributed by atoms with E-state index in [1.165, 1.54) is 18.3 Å². The molecule has 1 aromatic heterocycles. The summed E-state index contributed by atoms with van der Waals surface area (Å²) in [7, 11) is -3.78. The smallest absolute Gasteiger partial charge is 0.263 e. The van der Waals surface area contributed by atoms with Crippen LogP contribution in [0.1, 0.15) is 5.56 Å². The van der Waals surface area contributed by atoms with Gasteiger partial charge in [-0.3, -0.25) is 9.71 Å². The van der Waals surface area contributed by atoms with Gasteiger partial charge in [0.05, 0.1) is 10.7 Å². The number of sulfonamides is 1. The molecule has 0 bridgehead atoms. The van der Waals surface area contributed by atoms with Gasteiger partial charge in [0.2, 0.25) is 0 Å². The van der Waals surface area contributed by atoms with E-state index in [1.54, 1.807) is 25.3 Å². The maximum absolute atomic E-state index is 12.3. The largest absolute Gasteiger partial charge is 0.399 e. The van der Waals surface area contributed by atoms with Crippen LogP contribution in [0.3, 0.4) is 0 Å². The van der Waals surface area contributed by atoms with Crippen LogP contribution in [0.2, 0.25) is 5.02 Å². The second-order valence-electron chi connectivity index (χ2n) is 3.99. The molecule has 0 aliphatic heterocycles. The molecule has 0 fully saturated rings. The number of pyridine rings is 1. The van der Waals surface area contributed by atoms with Crippen molar-refractivity contribution in [1.82, 2.24) is 4.98 Å². The summed E-state index contributed by atoms with van der Waals surface area (Å²) in [4.78, 5) is 3.85. The Kier molecular flexibility index (Phi) is 3.64. The van der Waals surface area contributed by atoms with Gasteiger partial charge in [0.25, 0.3) is 10.0 Å². The Bertz CT molecular complexity index is 717. The fraction of sp³-hybridized carbons (Fsp3) is 0.0833. The lowest BCUT2D eigenvalue weighted by Crippen LogP contribution is -2.14. The van der Waals surface area contributed by atoms with Gasteiger partial charge in [0, 0.05) is 18.1 Å². The molecule has 5 nitrogen and oxygen atoms in total. The monoisotopic (exact) mass is 297 g/mol. The highest BCUT2D eigenvalue weighted by atomic mass is 35.5. The zero-order chi connectivity index (χ0) is 14.0. The topological polar surface area (TPSA) is 85.1 Å². The number of benzene rings is 1. The quantitative estimate of drug-likeness (QED) is 0.852. The minimum Gasteiger partial charge on any atom is -0.399 e. The molecule has 3 N–H and O–H groups in total. The molecule has 7 heteroatoms. The first kappa shape index (κ1) is 13.6. The van der Waals surface area contributed by atoms with Gasteiger partial charge in [0.1, 0.15) is 4.90 Å². The molecule has 2 rings (SSSR count). The Morgan fingerprint density at radius 3 is 2.74 bits per heavy atom. The van der Waals surface area contributed by atoms with Crippen LogP contribution in [0.15, 0.2) is 41.6 Å². The first-order valence-electron chi connectivity index (χ1n) is 5.38. The summed E-state index contributed by atoms with van der Waals surface area (Å²) in [6.45, 7) is 1.76. The van der Waals surface area contributed by atoms with Crippen LogP contribution in [-0.2, 0) is 10.0 Å². The lowest BCUT2D eigenvalue weighted by atomic mass is 10.3. The van der Waals surface area contributed by atoms with Gasteiger partial charge in [-0.15, -0.1) is 0 Å². The number of nitrogens with zero attached hydrogens (tertiary/aromatic N) is 1. The Morgan fingerprint density at radius 2 is 2.05 bits per heavy atom. The number of anilines is 2. The molecule has 0 saturated heterocycles. The molecular formula is C12H12ClN3O2S. The van der Waals surface area contributed by atoms with Gasteiger partial charge >= 0.3 is 0 Å². The van der Waals surface area contributed by atoms with E-state index < -0.39 is 10.0 Å². The van der Waals surface area contributed by atoms with E-state index >= 15 is 0 Å². The SMILES string of the molecule is Cc1cnccc1NS(=O)(=O)c1cc(N)ccc1Cl. The highest BCUT2D eigenvalue weighted by Crippen LogP contribution is 2.26. The van der Waals surface area contributed by atoms with E-state index in [-0.39, 0.29) is 9.92 Å². The fourth-order valence-electron chi connectivity index (χ4n) is 1.51. The van der Waals surface area contributed by atoms with Crippen LogP contribution in [0.4, 0.5) is 11.4 Å². The van der Waals surface area contributed by atoms with Crippen molar-refractivity contribution in [2.45, 2.75) is 11.8 Å². The number of nitrogens with two attached hydrogens (primary N) is 1. The predicted octanol–water partition coefficient (Wildman–Crippen LogP) is 2.43. The maximum Gasteiger partial charge on any atom is 0.263 e. The molecule has 100 valence electrons. The Hall–Kier alpha value is -1.79. The van der Waals surface area contributed by atoms with Crippen LogP contribution in [0.25, 0.3) is 0 Å². The van der Waals surface area contributed by atoms with Crippen molar-refractivity contribution in [3.8, 4) is 0 Å². The highest BCUT2D eigenvalue weighted by Gasteiger charge is 2.19. The summed E-state index contributed by atoms with van der Waals surface area (Å²) < 4.78 is 27.0. The van der Waals surface area contributed by atoms with E-state index in [1.807, 2.05) is 0 Å². The second-order valence-corrected chi connectivity index (χ2v) is 6.04. The summed E-state index contributed by atoms with van der Waals surface area (Å²) in [5.41, 5.74) is 7.08. The van der Waals surface area contributed by atoms with Crippen molar-refractivity contribution in [2.75, 3.05) is 10.5 Å². The van der Waals surface area contributed by atoms with Gasteiger partial charge in [-0.25, -0.2) is 8.42 Å². The normalized spacial score (nSPS) is 11.3. The van der Waals surface area contributed by atoms with Crippen molar-refractivity contribution in [3.05, 3.63) is 47.2 Å². The summed E-state index contributed by atoms with van der Waals surface area (Å²) in [5, 5.41) is 0.119. The van der Waals surface area contributed by atoms with Gasteiger partial charge in [0.15, 0.2) is 0 Å². The van der Waals surface area contributed by atoms with E-state index in [0.29, 0.717) is 16.9 Å². The van der Waals surface area contributed by atoms with Gasteiger partial charge < -0.3 is 5.73 Å². The third-order valence-corrected chi connectivity index (χ3v) is 4.36. The molecule has 0 aliphatic rings. The number of hydrogen-bond donors (Lipinski definition) is 2. The molecule has 0 saturated carbocycles. The Morgan fingerprint density at radius 1 is 1.32 bits per heavy atom.